The van der Waals surface area contributed by atoms with E-state index in [2.05, 4.69) is 51.3 Å². The van der Waals surface area contributed by atoms with Gasteiger partial charge < -0.3 is 4.90 Å². The fourth-order valence-electron chi connectivity index (χ4n) is 4.23. The highest BCUT2D eigenvalue weighted by Crippen LogP contribution is 2.36. The Bertz CT molecular complexity index is 314. The summed E-state index contributed by atoms with van der Waals surface area (Å²) in [5.74, 6) is 0.935. The van der Waals surface area contributed by atoms with Gasteiger partial charge in [-0.3, -0.25) is 4.90 Å². The molecule has 2 fully saturated rings. The van der Waals surface area contributed by atoms with Crippen molar-refractivity contribution in [2.75, 3.05) is 26.2 Å². The van der Waals surface area contributed by atoms with Gasteiger partial charge >= 0.3 is 0 Å². The van der Waals surface area contributed by atoms with E-state index in [0.717, 1.165) is 12.0 Å². The van der Waals surface area contributed by atoms with Gasteiger partial charge in [0.2, 0.25) is 0 Å². The number of nitrogens with zero attached hydrogens (tertiary/aromatic N) is 2. The highest BCUT2D eigenvalue weighted by atomic mass is 15.2. The van der Waals surface area contributed by atoms with E-state index in [1.165, 1.54) is 58.3 Å². The minimum atomic E-state index is 0.390. The van der Waals surface area contributed by atoms with Crippen LogP contribution in [-0.4, -0.2) is 47.6 Å². The molecule has 0 aromatic carbocycles. The van der Waals surface area contributed by atoms with E-state index in [4.69, 9.17) is 0 Å². The standard InChI is InChI=1S/C19H38N2/c1-16(2)20-11-7-17(8-12-20)15-19(5,6)21-13-9-18(3,4)10-14-21/h16-17H,7-15H2,1-6H3. The zero-order chi connectivity index (χ0) is 15.7. The summed E-state index contributed by atoms with van der Waals surface area (Å²) in [7, 11) is 0. The van der Waals surface area contributed by atoms with E-state index in [1.54, 1.807) is 0 Å². The smallest absolute Gasteiger partial charge is 0.0155 e. The van der Waals surface area contributed by atoms with Crippen molar-refractivity contribution in [1.82, 2.24) is 9.80 Å². The summed E-state index contributed by atoms with van der Waals surface area (Å²) in [6.45, 7) is 19.7. The van der Waals surface area contributed by atoms with Crippen LogP contribution in [0.3, 0.4) is 0 Å². The molecule has 0 atom stereocenters. The second-order valence-electron chi connectivity index (χ2n) is 9.24. The van der Waals surface area contributed by atoms with Crippen LogP contribution in [0.1, 0.15) is 73.6 Å². The summed E-state index contributed by atoms with van der Waals surface area (Å²) < 4.78 is 0. The van der Waals surface area contributed by atoms with Gasteiger partial charge in [-0.25, -0.2) is 0 Å². The number of rotatable bonds is 4. The lowest BCUT2D eigenvalue weighted by Gasteiger charge is -2.47. The molecule has 2 aliphatic heterocycles. The van der Waals surface area contributed by atoms with Crippen molar-refractivity contribution in [2.24, 2.45) is 11.3 Å². The molecule has 2 aliphatic rings. The van der Waals surface area contributed by atoms with Crippen LogP contribution in [0.15, 0.2) is 0 Å². The first-order valence-electron chi connectivity index (χ1n) is 9.19. The maximum absolute atomic E-state index is 2.77. The molecule has 0 aromatic rings. The summed E-state index contributed by atoms with van der Waals surface area (Å²) in [5.41, 5.74) is 0.955. The summed E-state index contributed by atoms with van der Waals surface area (Å²) in [4.78, 5) is 5.42. The fraction of sp³-hybridized carbons (Fsp3) is 1.00. The van der Waals surface area contributed by atoms with Crippen molar-refractivity contribution in [2.45, 2.75) is 85.2 Å². The highest BCUT2D eigenvalue weighted by Gasteiger charge is 2.35. The number of piperidine rings is 2. The van der Waals surface area contributed by atoms with Crippen LogP contribution < -0.4 is 0 Å². The monoisotopic (exact) mass is 294 g/mol. The molecule has 0 N–H and O–H groups in total. The molecule has 0 bridgehead atoms. The zero-order valence-electron chi connectivity index (χ0n) is 15.4. The van der Waals surface area contributed by atoms with Crippen molar-refractivity contribution in [3.63, 3.8) is 0 Å². The average Bonchev–Trinajstić information content (AvgIpc) is 2.38. The van der Waals surface area contributed by atoms with Crippen LogP contribution >= 0.6 is 0 Å². The first kappa shape index (κ1) is 17.3. The maximum Gasteiger partial charge on any atom is 0.0155 e. The molecule has 2 heteroatoms. The van der Waals surface area contributed by atoms with E-state index in [0.29, 0.717) is 11.0 Å². The minimum absolute atomic E-state index is 0.390. The molecule has 2 saturated heterocycles. The van der Waals surface area contributed by atoms with E-state index < -0.39 is 0 Å². The van der Waals surface area contributed by atoms with Crippen LogP contribution in [0.4, 0.5) is 0 Å². The van der Waals surface area contributed by atoms with Gasteiger partial charge in [-0.15, -0.1) is 0 Å². The Morgan fingerprint density at radius 3 is 2.00 bits per heavy atom. The molecule has 2 rings (SSSR count). The highest BCUT2D eigenvalue weighted by molar-refractivity contribution is 4.90. The number of likely N-dealkylation sites (tertiary alicyclic amines) is 2. The van der Waals surface area contributed by atoms with Gasteiger partial charge in [0, 0.05) is 11.6 Å². The molecule has 0 aromatic heterocycles. The molecule has 0 aliphatic carbocycles. The van der Waals surface area contributed by atoms with Crippen molar-refractivity contribution in [3.05, 3.63) is 0 Å². The van der Waals surface area contributed by atoms with E-state index in [-0.39, 0.29) is 0 Å². The Morgan fingerprint density at radius 1 is 1.00 bits per heavy atom. The second kappa shape index (κ2) is 6.58. The van der Waals surface area contributed by atoms with Crippen LogP contribution in [0.25, 0.3) is 0 Å². The van der Waals surface area contributed by atoms with Crippen molar-refractivity contribution < 1.29 is 0 Å². The maximum atomic E-state index is 2.77. The van der Waals surface area contributed by atoms with Crippen molar-refractivity contribution in [1.29, 1.82) is 0 Å². The molecule has 0 spiro atoms. The van der Waals surface area contributed by atoms with E-state index in [9.17, 15) is 0 Å². The number of hydrogen-bond acceptors (Lipinski definition) is 2. The third-order valence-electron chi connectivity index (χ3n) is 6.14. The third kappa shape index (κ3) is 4.69. The molecule has 0 radical (unpaired) electrons. The molecule has 0 amide bonds. The second-order valence-corrected chi connectivity index (χ2v) is 9.24. The largest absolute Gasteiger partial charge is 0.301 e. The third-order valence-corrected chi connectivity index (χ3v) is 6.14. The van der Waals surface area contributed by atoms with Gasteiger partial charge in [0.1, 0.15) is 0 Å². The fourth-order valence-corrected chi connectivity index (χ4v) is 4.23. The van der Waals surface area contributed by atoms with Gasteiger partial charge in [0.25, 0.3) is 0 Å². The lowest BCUT2D eigenvalue weighted by molar-refractivity contribution is 0.0243. The molecular weight excluding hydrogens is 256 g/mol. The predicted octanol–water partition coefficient (Wildman–Crippen LogP) is 4.40. The lowest BCUT2D eigenvalue weighted by Crippen LogP contribution is -2.51. The summed E-state index contributed by atoms with van der Waals surface area (Å²) >= 11 is 0. The van der Waals surface area contributed by atoms with Crippen molar-refractivity contribution in [3.8, 4) is 0 Å². The Balaban J connectivity index is 1.82. The van der Waals surface area contributed by atoms with Gasteiger partial charge in [-0.2, -0.15) is 0 Å². The molecule has 124 valence electrons. The first-order chi connectivity index (χ1) is 9.70. The topological polar surface area (TPSA) is 6.48 Å². The lowest BCUT2D eigenvalue weighted by atomic mass is 9.78. The SMILES string of the molecule is CC(C)N1CCC(CC(C)(C)N2CCC(C)(C)CC2)CC1. The Kier molecular flexibility index (Phi) is 5.41. The van der Waals surface area contributed by atoms with Crippen LogP contribution in [0, 0.1) is 11.3 Å². The summed E-state index contributed by atoms with van der Waals surface area (Å²) in [5, 5.41) is 0. The Labute approximate surface area is 133 Å². The molecule has 21 heavy (non-hydrogen) atoms. The van der Waals surface area contributed by atoms with E-state index >= 15 is 0 Å². The number of hydrogen-bond donors (Lipinski definition) is 0. The van der Waals surface area contributed by atoms with Gasteiger partial charge in [-0.05, 0) is 97.3 Å². The van der Waals surface area contributed by atoms with E-state index in [1.807, 2.05) is 0 Å². The Morgan fingerprint density at radius 2 is 1.52 bits per heavy atom. The van der Waals surface area contributed by atoms with Crippen LogP contribution in [-0.2, 0) is 0 Å². The average molecular weight is 295 g/mol. The molecule has 2 nitrogen and oxygen atoms in total. The summed E-state index contributed by atoms with van der Waals surface area (Å²) in [6, 6.07) is 0.725. The molecular formula is C19H38N2. The van der Waals surface area contributed by atoms with Gasteiger partial charge in [0.05, 0.1) is 0 Å². The predicted molar refractivity (Wildman–Crippen MR) is 92.7 cm³/mol. The normalized spacial score (nSPS) is 26.4. The zero-order valence-corrected chi connectivity index (χ0v) is 15.4. The first-order valence-corrected chi connectivity index (χ1v) is 9.19. The Hall–Kier alpha value is -0.0800. The van der Waals surface area contributed by atoms with Gasteiger partial charge in [-0.1, -0.05) is 13.8 Å². The summed E-state index contributed by atoms with van der Waals surface area (Å²) in [6.07, 6.45) is 6.92. The molecule has 0 saturated carbocycles. The van der Waals surface area contributed by atoms with Crippen molar-refractivity contribution >= 4 is 0 Å². The minimum Gasteiger partial charge on any atom is -0.301 e. The quantitative estimate of drug-likeness (QED) is 0.758. The molecule has 0 unspecified atom stereocenters. The van der Waals surface area contributed by atoms with Gasteiger partial charge in [0.15, 0.2) is 0 Å². The van der Waals surface area contributed by atoms with Crippen LogP contribution in [0.5, 0.6) is 0 Å². The molecule has 2 heterocycles. The van der Waals surface area contributed by atoms with Crippen LogP contribution in [0.2, 0.25) is 0 Å².